The summed E-state index contributed by atoms with van der Waals surface area (Å²) in [6, 6.07) is 20.7. The molecule has 0 saturated heterocycles. The summed E-state index contributed by atoms with van der Waals surface area (Å²) in [5.41, 5.74) is 5.51. The Morgan fingerprint density at radius 3 is 2.20 bits per heavy atom. The molecule has 1 aliphatic carbocycles. The molecule has 0 bridgehead atoms. The Bertz CT molecular complexity index is 1230. The van der Waals surface area contributed by atoms with Crippen LogP contribution in [0.3, 0.4) is 0 Å². The maximum Gasteiger partial charge on any atom is 0.411 e. The van der Waals surface area contributed by atoms with Crippen LogP contribution >= 0.6 is 22.6 Å². The lowest BCUT2D eigenvalue weighted by Gasteiger charge is -2.16. The summed E-state index contributed by atoms with van der Waals surface area (Å²) in [5, 5.41) is 14.5. The minimum Gasteiger partial charge on any atom is -0.481 e. The minimum atomic E-state index is -0.964. The molecule has 3 aromatic rings. The molecule has 3 N–H and O–H groups in total. The second kappa shape index (κ2) is 10.9. The van der Waals surface area contributed by atoms with E-state index in [9.17, 15) is 14.4 Å². The first-order valence-corrected chi connectivity index (χ1v) is 12.4. The maximum atomic E-state index is 12.6. The summed E-state index contributed by atoms with van der Waals surface area (Å²) in [6.45, 7) is 2.03. The van der Waals surface area contributed by atoms with Gasteiger partial charge in [-0.25, -0.2) is 4.79 Å². The molecular formula is C27H25IN2O5. The molecule has 1 atom stereocenters. The van der Waals surface area contributed by atoms with Gasteiger partial charge in [0.1, 0.15) is 6.61 Å². The normalized spacial score (nSPS) is 12.9. The van der Waals surface area contributed by atoms with Crippen LogP contribution in [-0.4, -0.2) is 35.7 Å². The molecule has 1 aliphatic rings. The zero-order valence-corrected chi connectivity index (χ0v) is 21.2. The molecule has 0 unspecified atom stereocenters. The van der Waals surface area contributed by atoms with E-state index in [1.54, 1.807) is 18.2 Å². The second-order valence-electron chi connectivity index (χ2n) is 8.32. The topological polar surface area (TPSA) is 105 Å². The smallest absolute Gasteiger partial charge is 0.411 e. The number of benzene rings is 3. The van der Waals surface area contributed by atoms with E-state index in [1.165, 1.54) is 0 Å². The van der Waals surface area contributed by atoms with Crippen LogP contribution in [0, 0.1) is 3.57 Å². The van der Waals surface area contributed by atoms with E-state index in [1.807, 2.05) is 53.8 Å². The van der Waals surface area contributed by atoms with Crippen molar-refractivity contribution in [1.82, 2.24) is 5.32 Å². The average molecular weight is 584 g/mol. The van der Waals surface area contributed by atoms with Crippen LogP contribution in [0.5, 0.6) is 0 Å². The van der Waals surface area contributed by atoms with Crippen molar-refractivity contribution in [1.29, 1.82) is 0 Å². The summed E-state index contributed by atoms with van der Waals surface area (Å²) in [7, 11) is 0. The van der Waals surface area contributed by atoms with Crippen LogP contribution < -0.4 is 10.6 Å². The first kappa shape index (κ1) is 24.7. The molecule has 4 rings (SSSR count). The third-order valence-electron chi connectivity index (χ3n) is 6.06. The number of fused-ring (bicyclic) bond motifs is 3. The lowest BCUT2D eigenvalue weighted by Crippen LogP contribution is -2.36. The first-order valence-electron chi connectivity index (χ1n) is 11.3. The van der Waals surface area contributed by atoms with Gasteiger partial charge in [-0.2, -0.15) is 0 Å². The third-order valence-corrected chi connectivity index (χ3v) is 6.95. The number of nitrogens with one attached hydrogen (secondary N) is 2. The summed E-state index contributed by atoms with van der Waals surface area (Å²) in [4.78, 5) is 36.0. The zero-order chi connectivity index (χ0) is 24.9. The van der Waals surface area contributed by atoms with Crippen LogP contribution in [0.25, 0.3) is 11.1 Å². The Hall–Kier alpha value is -3.40. The number of rotatable bonds is 8. The molecular weight excluding hydrogens is 559 g/mol. The molecule has 0 saturated carbocycles. The van der Waals surface area contributed by atoms with Crippen LogP contribution in [0.1, 0.15) is 47.2 Å². The molecule has 7 nitrogen and oxygen atoms in total. The van der Waals surface area contributed by atoms with Gasteiger partial charge in [0.15, 0.2) is 0 Å². The number of carboxylic acid groups (broad SMARTS) is 1. The van der Waals surface area contributed by atoms with Crippen molar-refractivity contribution in [2.75, 3.05) is 11.9 Å². The molecule has 3 aromatic carbocycles. The number of halogens is 1. The predicted molar refractivity (Wildman–Crippen MR) is 142 cm³/mol. The van der Waals surface area contributed by atoms with Crippen molar-refractivity contribution < 1.29 is 24.2 Å². The average Bonchev–Trinajstić information content (AvgIpc) is 3.17. The predicted octanol–water partition coefficient (Wildman–Crippen LogP) is 5.64. The summed E-state index contributed by atoms with van der Waals surface area (Å²) in [6.07, 6.45) is -0.202. The number of carboxylic acids is 1. The number of carbonyl (C=O) groups excluding carboxylic acids is 2. The Balaban J connectivity index is 1.38. The molecule has 35 heavy (non-hydrogen) atoms. The number of aliphatic carboxylic acids is 1. The number of amides is 2. The largest absolute Gasteiger partial charge is 0.481 e. The number of carbonyl (C=O) groups is 3. The van der Waals surface area contributed by atoms with Gasteiger partial charge in [0, 0.05) is 21.1 Å². The quantitative estimate of drug-likeness (QED) is 0.298. The van der Waals surface area contributed by atoms with Crippen molar-refractivity contribution in [3.8, 4) is 11.1 Å². The Labute approximate surface area is 217 Å². The fraction of sp³-hybridized carbons (Fsp3) is 0.222. The van der Waals surface area contributed by atoms with Gasteiger partial charge in [-0.3, -0.25) is 14.9 Å². The van der Waals surface area contributed by atoms with E-state index in [2.05, 4.69) is 34.9 Å². The standard InChI is InChI=1S/C27H25IN2O5/c1-2-17(14-25(31)32)29-26(33)16-11-12-24(23(28)13-16)30-27(34)35-15-22-20-9-5-3-7-18(20)19-8-4-6-10-21(19)22/h3-13,17,22H,2,14-15H2,1H3,(H,29,33)(H,30,34)(H,31,32)/t17-/m0/s1. The highest BCUT2D eigenvalue weighted by Crippen LogP contribution is 2.44. The van der Waals surface area contributed by atoms with Gasteiger partial charge in [0.25, 0.3) is 5.91 Å². The number of hydrogen-bond donors (Lipinski definition) is 3. The maximum absolute atomic E-state index is 12.6. The van der Waals surface area contributed by atoms with E-state index >= 15 is 0 Å². The van der Waals surface area contributed by atoms with Gasteiger partial charge < -0.3 is 15.2 Å². The van der Waals surface area contributed by atoms with Crippen LogP contribution in [-0.2, 0) is 9.53 Å². The van der Waals surface area contributed by atoms with Gasteiger partial charge in [0.2, 0.25) is 0 Å². The van der Waals surface area contributed by atoms with Crippen molar-refractivity contribution in [3.05, 3.63) is 87.0 Å². The molecule has 0 aliphatic heterocycles. The molecule has 2 amide bonds. The summed E-state index contributed by atoms with van der Waals surface area (Å²) < 4.78 is 6.25. The molecule has 0 heterocycles. The van der Waals surface area contributed by atoms with Gasteiger partial charge in [-0.15, -0.1) is 0 Å². The van der Waals surface area contributed by atoms with Gasteiger partial charge >= 0.3 is 12.1 Å². The zero-order valence-electron chi connectivity index (χ0n) is 19.1. The molecule has 0 fully saturated rings. The molecule has 0 spiro atoms. The van der Waals surface area contributed by atoms with Crippen molar-refractivity contribution in [2.24, 2.45) is 0 Å². The summed E-state index contributed by atoms with van der Waals surface area (Å²) >= 11 is 2.04. The fourth-order valence-corrected chi connectivity index (χ4v) is 4.93. The highest BCUT2D eigenvalue weighted by molar-refractivity contribution is 14.1. The highest BCUT2D eigenvalue weighted by Gasteiger charge is 2.29. The second-order valence-corrected chi connectivity index (χ2v) is 9.48. The minimum absolute atomic E-state index is 0.0318. The number of anilines is 1. The SMILES string of the molecule is CC[C@@H](CC(=O)O)NC(=O)c1ccc(NC(=O)OCC2c3ccccc3-c3ccccc32)c(I)c1. The van der Waals surface area contributed by atoms with Crippen LogP contribution in [0.15, 0.2) is 66.7 Å². The van der Waals surface area contributed by atoms with Crippen molar-refractivity contribution >= 4 is 46.2 Å². The first-order chi connectivity index (χ1) is 16.9. The Kier molecular flexibility index (Phi) is 7.70. The Morgan fingerprint density at radius 2 is 1.63 bits per heavy atom. The van der Waals surface area contributed by atoms with Gasteiger partial charge in [-0.05, 0) is 69.5 Å². The molecule has 180 valence electrons. The Morgan fingerprint density at radius 1 is 1.00 bits per heavy atom. The van der Waals surface area contributed by atoms with Crippen LogP contribution in [0.2, 0.25) is 0 Å². The van der Waals surface area contributed by atoms with E-state index < -0.39 is 18.1 Å². The van der Waals surface area contributed by atoms with Crippen LogP contribution in [0.4, 0.5) is 10.5 Å². The molecule has 8 heteroatoms. The number of hydrogen-bond acceptors (Lipinski definition) is 4. The van der Waals surface area contributed by atoms with Crippen molar-refractivity contribution in [3.63, 3.8) is 0 Å². The lowest BCUT2D eigenvalue weighted by atomic mass is 9.98. The third kappa shape index (κ3) is 5.64. The monoisotopic (exact) mass is 584 g/mol. The van der Waals surface area contributed by atoms with Gasteiger partial charge in [-0.1, -0.05) is 55.5 Å². The van der Waals surface area contributed by atoms with E-state index in [0.29, 0.717) is 21.2 Å². The van der Waals surface area contributed by atoms with E-state index in [4.69, 9.17) is 9.84 Å². The van der Waals surface area contributed by atoms with Crippen molar-refractivity contribution in [2.45, 2.75) is 31.7 Å². The van der Waals surface area contributed by atoms with E-state index in [-0.39, 0.29) is 24.9 Å². The van der Waals surface area contributed by atoms with Gasteiger partial charge in [0.05, 0.1) is 12.1 Å². The lowest BCUT2D eigenvalue weighted by molar-refractivity contribution is -0.137. The number of ether oxygens (including phenoxy) is 1. The summed E-state index contributed by atoms with van der Waals surface area (Å²) in [5.74, 6) is -1.35. The molecule has 0 aromatic heterocycles. The van der Waals surface area contributed by atoms with E-state index in [0.717, 1.165) is 22.3 Å². The molecule has 0 radical (unpaired) electrons. The fourth-order valence-electron chi connectivity index (χ4n) is 4.28. The highest BCUT2D eigenvalue weighted by atomic mass is 127.